The number of aryl methyl sites for hydroxylation is 1. The summed E-state index contributed by atoms with van der Waals surface area (Å²) in [5.41, 5.74) is 5.07. The van der Waals surface area contributed by atoms with E-state index in [1.807, 2.05) is 12.3 Å². The lowest BCUT2D eigenvalue weighted by Crippen LogP contribution is -2.04. The summed E-state index contributed by atoms with van der Waals surface area (Å²) in [5, 5.41) is 0. The molecule has 1 aromatic carbocycles. The Morgan fingerprint density at radius 1 is 1.09 bits per heavy atom. The number of aromatic nitrogens is 1. The number of ether oxygens (including phenoxy) is 2. The predicted molar refractivity (Wildman–Crippen MR) is 91.8 cm³/mol. The smallest absolute Gasteiger partial charge is 0.161 e. The topological polar surface area (TPSA) is 31.4 Å². The zero-order chi connectivity index (χ0) is 14.7. The average Bonchev–Trinajstić information content (AvgIpc) is 2.55. The Kier molecular flexibility index (Phi) is 5.45. The van der Waals surface area contributed by atoms with Gasteiger partial charge in [0, 0.05) is 12.4 Å². The molecule has 0 bridgehead atoms. The van der Waals surface area contributed by atoms with Gasteiger partial charge < -0.3 is 9.47 Å². The minimum Gasteiger partial charge on any atom is -0.493 e. The summed E-state index contributed by atoms with van der Waals surface area (Å²) < 4.78 is 10.8. The molecular formula is C18H20ClNO2. The molecule has 1 aliphatic carbocycles. The first-order valence-corrected chi connectivity index (χ1v) is 7.17. The summed E-state index contributed by atoms with van der Waals surface area (Å²) in [6, 6.07) is 8.24. The van der Waals surface area contributed by atoms with Crippen molar-refractivity contribution in [1.29, 1.82) is 0 Å². The Hall–Kier alpha value is -2.00. The number of hydrogen-bond acceptors (Lipinski definition) is 3. The van der Waals surface area contributed by atoms with Crippen LogP contribution in [0.3, 0.4) is 0 Å². The van der Waals surface area contributed by atoms with Gasteiger partial charge in [-0.3, -0.25) is 4.98 Å². The van der Waals surface area contributed by atoms with Crippen molar-refractivity contribution in [3.05, 3.63) is 53.3 Å². The summed E-state index contributed by atoms with van der Waals surface area (Å²) in [5.74, 6) is 1.59. The van der Waals surface area contributed by atoms with E-state index in [4.69, 9.17) is 9.47 Å². The van der Waals surface area contributed by atoms with E-state index in [1.54, 1.807) is 20.4 Å². The summed E-state index contributed by atoms with van der Waals surface area (Å²) >= 11 is 0. The van der Waals surface area contributed by atoms with Gasteiger partial charge in [-0.05, 0) is 65.8 Å². The summed E-state index contributed by atoms with van der Waals surface area (Å²) in [6.07, 6.45) is 9.23. The van der Waals surface area contributed by atoms with Crippen LogP contribution in [0, 0.1) is 0 Å². The molecule has 22 heavy (non-hydrogen) atoms. The molecule has 1 aliphatic rings. The van der Waals surface area contributed by atoms with Crippen molar-refractivity contribution >= 4 is 24.1 Å². The molecule has 0 spiro atoms. The van der Waals surface area contributed by atoms with Gasteiger partial charge >= 0.3 is 0 Å². The number of nitrogens with zero attached hydrogens (tertiary/aromatic N) is 1. The van der Waals surface area contributed by atoms with Gasteiger partial charge in [0.15, 0.2) is 11.5 Å². The minimum absolute atomic E-state index is 0. The van der Waals surface area contributed by atoms with E-state index in [-0.39, 0.29) is 12.4 Å². The van der Waals surface area contributed by atoms with Crippen LogP contribution in [0.25, 0.3) is 11.6 Å². The van der Waals surface area contributed by atoms with Gasteiger partial charge in [-0.25, -0.2) is 0 Å². The number of hydrogen-bond donors (Lipinski definition) is 0. The number of allylic oxidation sites excluding steroid dienone is 1. The lowest BCUT2D eigenvalue weighted by atomic mass is 9.86. The van der Waals surface area contributed by atoms with Crippen molar-refractivity contribution < 1.29 is 9.47 Å². The van der Waals surface area contributed by atoms with Crippen LogP contribution in [0.15, 0.2) is 36.7 Å². The largest absolute Gasteiger partial charge is 0.493 e. The molecule has 0 radical (unpaired) electrons. The van der Waals surface area contributed by atoms with Gasteiger partial charge in [-0.2, -0.15) is 0 Å². The highest BCUT2D eigenvalue weighted by molar-refractivity contribution is 5.85. The lowest BCUT2D eigenvalue weighted by Gasteiger charge is -2.21. The molecule has 0 amide bonds. The monoisotopic (exact) mass is 317 g/mol. The molecular weight excluding hydrogens is 298 g/mol. The van der Waals surface area contributed by atoms with Crippen molar-refractivity contribution in [1.82, 2.24) is 4.98 Å². The molecule has 0 atom stereocenters. The molecule has 1 heterocycles. The maximum absolute atomic E-state index is 5.44. The van der Waals surface area contributed by atoms with Crippen LogP contribution in [-0.4, -0.2) is 19.2 Å². The first-order chi connectivity index (χ1) is 10.3. The molecule has 0 N–H and O–H groups in total. The zero-order valence-corrected chi connectivity index (χ0v) is 13.7. The van der Waals surface area contributed by atoms with Crippen LogP contribution in [0.4, 0.5) is 0 Å². The van der Waals surface area contributed by atoms with Crippen LogP contribution in [0.5, 0.6) is 11.5 Å². The Morgan fingerprint density at radius 2 is 1.86 bits per heavy atom. The molecule has 1 aromatic heterocycles. The predicted octanol–water partition coefficient (Wildman–Crippen LogP) is 4.40. The average molecular weight is 318 g/mol. The van der Waals surface area contributed by atoms with E-state index in [0.717, 1.165) is 36.3 Å². The van der Waals surface area contributed by atoms with Crippen LogP contribution in [-0.2, 0) is 6.42 Å². The second-order valence-electron chi connectivity index (χ2n) is 5.17. The second kappa shape index (κ2) is 7.32. The number of halogens is 1. The molecule has 116 valence electrons. The van der Waals surface area contributed by atoms with Gasteiger partial charge in [0.2, 0.25) is 0 Å². The molecule has 4 heteroatoms. The fraction of sp³-hybridized carbons (Fsp3) is 0.278. The van der Waals surface area contributed by atoms with Crippen LogP contribution >= 0.6 is 12.4 Å². The SMILES string of the molecule is COc1cc2c(cc1OC)/C(=C/c1cccnc1)CCC2.Cl. The summed E-state index contributed by atoms with van der Waals surface area (Å²) in [6.45, 7) is 0. The van der Waals surface area contributed by atoms with Crippen LogP contribution in [0.1, 0.15) is 29.5 Å². The highest BCUT2D eigenvalue weighted by atomic mass is 35.5. The molecule has 3 nitrogen and oxygen atoms in total. The Bertz CT molecular complexity index is 668. The lowest BCUT2D eigenvalue weighted by molar-refractivity contribution is 0.354. The molecule has 0 saturated heterocycles. The number of pyridine rings is 1. The molecule has 0 unspecified atom stereocenters. The van der Waals surface area contributed by atoms with Gasteiger partial charge in [-0.1, -0.05) is 6.07 Å². The van der Waals surface area contributed by atoms with E-state index < -0.39 is 0 Å². The molecule has 0 fully saturated rings. The Balaban J connectivity index is 0.00000176. The number of benzene rings is 1. The molecule has 0 saturated carbocycles. The Morgan fingerprint density at radius 3 is 2.55 bits per heavy atom. The molecule has 2 aromatic rings. The third-order valence-corrected chi connectivity index (χ3v) is 3.87. The van der Waals surface area contributed by atoms with Crippen molar-refractivity contribution in [2.45, 2.75) is 19.3 Å². The number of fused-ring (bicyclic) bond motifs is 1. The van der Waals surface area contributed by atoms with Gasteiger partial charge in [0.25, 0.3) is 0 Å². The quantitative estimate of drug-likeness (QED) is 0.841. The third-order valence-electron chi connectivity index (χ3n) is 3.87. The second-order valence-corrected chi connectivity index (χ2v) is 5.17. The first-order valence-electron chi connectivity index (χ1n) is 7.17. The minimum atomic E-state index is 0. The van der Waals surface area contributed by atoms with Crippen LogP contribution < -0.4 is 9.47 Å². The first kappa shape index (κ1) is 16.4. The maximum atomic E-state index is 5.44. The number of methoxy groups -OCH3 is 2. The van der Waals surface area contributed by atoms with E-state index in [9.17, 15) is 0 Å². The fourth-order valence-electron chi connectivity index (χ4n) is 2.84. The molecule has 3 rings (SSSR count). The van der Waals surface area contributed by atoms with Crippen molar-refractivity contribution in [2.75, 3.05) is 14.2 Å². The highest BCUT2D eigenvalue weighted by Crippen LogP contribution is 2.39. The van der Waals surface area contributed by atoms with Gasteiger partial charge in [0.1, 0.15) is 0 Å². The standard InChI is InChI=1S/C18H19NO2.ClH/c1-20-17-10-15-7-3-6-14(16(15)11-18(17)21-2)9-13-5-4-8-19-12-13;/h4-5,8-12H,3,6-7H2,1-2H3;1H/b14-9+;. The van der Waals surface area contributed by atoms with Crippen LogP contribution in [0.2, 0.25) is 0 Å². The van der Waals surface area contributed by atoms with Crippen molar-refractivity contribution in [2.24, 2.45) is 0 Å². The van der Waals surface area contributed by atoms with E-state index in [1.165, 1.54) is 16.7 Å². The van der Waals surface area contributed by atoms with Gasteiger partial charge in [0.05, 0.1) is 14.2 Å². The van der Waals surface area contributed by atoms with Crippen molar-refractivity contribution in [3.63, 3.8) is 0 Å². The summed E-state index contributed by atoms with van der Waals surface area (Å²) in [7, 11) is 3.36. The fourth-order valence-corrected chi connectivity index (χ4v) is 2.84. The highest BCUT2D eigenvalue weighted by Gasteiger charge is 2.18. The Labute approximate surface area is 137 Å². The number of rotatable bonds is 3. The van der Waals surface area contributed by atoms with Gasteiger partial charge in [-0.15, -0.1) is 12.4 Å². The van der Waals surface area contributed by atoms with E-state index in [2.05, 4.69) is 29.3 Å². The van der Waals surface area contributed by atoms with E-state index in [0.29, 0.717) is 0 Å². The molecule has 0 aliphatic heterocycles. The van der Waals surface area contributed by atoms with E-state index >= 15 is 0 Å². The summed E-state index contributed by atoms with van der Waals surface area (Å²) in [4.78, 5) is 4.18. The normalized spacial score (nSPS) is 14.9. The zero-order valence-electron chi connectivity index (χ0n) is 12.8. The third kappa shape index (κ3) is 3.25. The maximum Gasteiger partial charge on any atom is 0.161 e. The van der Waals surface area contributed by atoms with Crippen molar-refractivity contribution in [3.8, 4) is 11.5 Å².